The lowest BCUT2D eigenvalue weighted by Crippen LogP contribution is -2.24. The van der Waals surface area contributed by atoms with E-state index in [1.54, 1.807) is 0 Å². The fourth-order valence-electron chi connectivity index (χ4n) is 2.56. The summed E-state index contributed by atoms with van der Waals surface area (Å²) in [5, 5.41) is 0.183. The molecule has 1 heterocycles. The SMILES string of the molecule is Cc1sc(C(Cl)C2(C)CCCCC2)cc1Br. The zero-order valence-electron chi connectivity index (χ0n) is 9.85. The Morgan fingerprint density at radius 3 is 2.50 bits per heavy atom. The van der Waals surface area contributed by atoms with Crippen LogP contribution in [0.1, 0.15) is 54.2 Å². The van der Waals surface area contributed by atoms with Gasteiger partial charge in [0.05, 0.1) is 5.38 Å². The molecule has 1 unspecified atom stereocenters. The number of hydrogen-bond donors (Lipinski definition) is 0. The van der Waals surface area contributed by atoms with E-state index in [9.17, 15) is 0 Å². The number of hydrogen-bond acceptors (Lipinski definition) is 1. The largest absolute Gasteiger partial charge is 0.143 e. The molecule has 1 aliphatic rings. The molecule has 0 nitrogen and oxygen atoms in total. The molecule has 0 aliphatic heterocycles. The molecule has 3 heteroatoms. The van der Waals surface area contributed by atoms with Gasteiger partial charge in [-0.3, -0.25) is 0 Å². The van der Waals surface area contributed by atoms with Crippen molar-refractivity contribution in [3.05, 3.63) is 20.3 Å². The van der Waals surface area contributed by atoms with Crippen LogP contribution in [0.5, 0.6) is 0 Å². The lowest BCUT2D eigenvalue weighted by atomic mass is 9.73. The van der Waals surface area contributed by atoms with Crippen LogP contribution in [-0.2, 0) is 0 Å². The monoisotopic (exact) mass is 320 g/mol. The molecule has 1 saturated carbocycles. The van der Waals surface area contributed by atoms with E-state index in [1.807, 2.05) is 11.3 Å². The minimum Gasteiger partial charge on any atom is -0.143 e. The van der Waals surface area contributed by atoms with Crippen molar-refractivity contribution in [3.63, 3.8) is 0 Å². The first-order chi connectivity index (χ1) is 7.53. The predicted molar refractivity (Wildman–Crippen MR) is 76.5 cm³/mol. The molecule has 0 amide bonds. The first-order valence-electron chi connectivity index (χ1n) is 5.93. The van der Waals surface area contributed by atoms with Gasteiger partial charge in [-0.15, -0.1) is 22.9 Å². The van der Waals surface area contributed by atoms with E-state index in [-0.39, 0.29) is 5.38 Å². The van der Waals surface area contributed by atoms with Crippen molar-refractivity contribution in [2.75, 3.05) is 0 Å². The first kappa shape index (κ1) is 12.9. The third-order valence-corrected chi connectivity index (χ3v) is 6.83. The highest BCUT2D eigenvalue weighted by atomic mass is 79.9. The van der Waals surface area contributed by atoms with Crippen molar-refractivity contribution >= 4 is 38.9 Å². The second-order valence-electron chi connectivity index (χ2n) is 5.13. The molecule has 1 aliphatic carbocycles. The van der Waals surface area contributed by atoms with Gasteiger partial charge in [-0.2, -0.15) is 0 Å². The summed E-state index contributed by atoms with van der Waals surface area (Å²) in [6.45, 7) is 4.50. The van der Waals surface area contributed by atoms with Gasteiger partial charge in [-0.25, -0.2) is 0 Å². The molecular weight excluding hydrogens is 304 g/mol. The summed E-state index contributed by atoms with van der Waals surface area (Å²) in [7, 11) is 0. The lowest BCUT2D eigenvalue weighted by molar-refractivity contribution is 0.208. The zero-order valence-corrected chi connectivity index (χ0v) is 13.0. The molecular formula is C13H18BrClS. The van der Waals surface area contributed by atoms with Gasteiger partial charge in [0.25, 0.3) is 0 Å². The van der Waals surface area contributed by atoms with Crippen LogP contribution < -0.4 is 0 Å². The van der Waals surface area contributed by atoms with Crippen LogP contribution in [0.15, 0.2) is 10.5 Å². The topological polar surface area (TPSA) is 0 Å². The van der Waals surface area contributed by atoms with Crippen molar-refractivity contribution in [2.45, 2.75) is 51.3 Å². The van der Waals surface area contributed by atoms with Crippen molar-refractivity contribution in [2.24, 2.45) is 5.41 Å². The zero-order chi connectivity index (χ0) is 11.8. The smallest absolute Gasteiger partial charge is 0.0732 e. The van der Waals surface area contributed by atoms with E-state index in [0.717, 1.165) is 0 Å². The summed E-state index contributed by atoms with van der Waals surface area (Å²) in [4.78, 5) is 2.66. The van der Waals surface area contributed by atoms with Crippen LogP contribution in [0.25, 0.3) is 0 Å². The summed E-state index contributed by atoms with van der Waals surface area (Å²) in [5.41, 5.74) is 0.302. The maximum absolute atomic E-state index is 6.70. The Labute approximate surface area is 116 Å². The first-order valence-corrected chi connectivity index (χ1v) is 7.97. The van der Waals surface area contributed by atoms with Gasteiger partial charge in [0.15, 0.2) is 0 Å². The summed E-state index contributed by atoms with van der Waals surface area (Å²) >= 11 is 12.1. The fourth-order valence-corrected chi connectivity index (χ4v) is 4.69. The number of alkyl halides is 1. The Kier molecular flexibility index (Phi) is 4.03. The molecule has 0 aromatic carbocycles. The molecule has 90 valence electrons. The van der Waals surface area contributed by atoms with E-state index < -0.39 is 0 Å². The number of halogens is 2. The second-order valence-corrected chi connectivity index (χ2v) is 7.71. The number of thiophene rings is 1. The highest BCUT2D eigenvalue weighted by Crippen LogP contribution is 2.51. The van der Waals surface area contributed by atoms with E-state index in [0.29, 0.717) is 5.41 Å². The van der Waals surface area contributed by atoms with Gasteiger partial charge in [-0.05, 0) is 47.2 Å². The second kappa shape index (κ2) is 4.99. The van der Waals surface area contributed by atoms with E-state index in [4.69, 9.17) is 11.6 Å². The van der Waals surface area contributed by atoms with Crippen LogP contribution in [0.2, 0.25) is 0 Å². The summed E-state index contributed by atoms with van der Waals surface area (Å²) in [6, 6.07) is 2.21. The molecule has 1 fully saturated rings. The van der Waals surface area contributed by atoms with Crippen LogP contribution in [0.3, 0.4) is 0 Å². The molecule has 0 radical (unpaired) electrons. The van der Waals surface area contributed by atoms with Crippen LogP contribution >= 0.6 is 38.9 Å². The van der Waals surface area contributed by atoms with E-state index in [1.165, 1.54) is 46.3 Å². The Morgan fingerprint density at radius 1 is 1.38 bits per heavy atom. The summed E-state index contributed by atoms with van der Waals surface area (Å²) in [6.07, 6.45) is 6.61. The summed E-state index contributed by atoms with van der Waals surface area (Å²) in [5.74, 6) is 0. The molecule has 2 rings (SSSR count). The third-order valence-electron chi connectivity index (χ3n) is 3.73. The number of rotatable bonds is 2. The van der Waals surface area contributed by atoms with E-state index >= 15 is 0 Å². The van der Waals surface area contributed by atoms with Gasteiger partial charge >= 0.3 is 0 Å². The molecule has 0 N–H and O–H groups in total. The highest BCUT2D eigenvalue weighted by Gasteiger charge is 2.36. The van der Waals surface area contributed by atoms with Gasteiger partial charge in [-0.1, -0.05) is 26.2 Å². The Morgan fingerprint density at radius 2 is 2.00 bits per heavy atom. The van der Waals surface area contributed by atoms with Gasteiger partial charge in [0, 0.05) is 14.2 Å². The van der Waals surface area contributed by atoms with Gasteiger partial charge < -0.3 is 0 Å². The average Bonchev–Trinajstić information content (AvgIpc) is 2.59. The maximum Gasteiger partial charge on any atom is 0.0732 e. The van der Waals surface area contributed by atoms with Crippen molar-refractivity contribution < 1.29 is 0 Å². The predicted octanol–water partition coefficient (Wildman–Crippen LogP) is 6.07. The van der Waals surface area contributed by atoms with Crippen molar-refractivity contribution in [3.8, 4) is 0 Å². The van der Waals surface area contributed by atoms with Gasteiger partial charge in [0.2, 0.25) is 0 Å². The quantitative estimate of drug-likeness (QED) is 0.580. The molecule has 1 atom stereocenters. The van der Waals surface area contributed by atoms with Crippen LogP contribution in [0, 0.1) is 12.3 Å². The van der Waals surface area contributed by atoms with E-state index in [2.05, 4.69) is 35.8 Å². The Hall–Kier alpha value is 0.470. The van der Waals surface area contributed by atoms with Crippen LogP contribution in [-0.4, -0.2) is 0 Å². The molecule has 16 heavy (non-hydrogen) atoms. The normalized spacial score (nSPS) is 22.0. The van der Waals surface area contributed by atoms with Gasteiger partial charge in [0.1, 0.15) is 0 Å². The maximum atomic E-state index is 6.70. The molecule has 1 aromatic rings. The van der Waals surface area contributed by atoms with Crippen molar-refractivity contribution in [1.82, 2.24) is 0 Å². The molecule has 0 spiro atoms. The summed E-state index contributed by atoms with van der Waals surface area (Å²) < 4.78 is 1.21. The molecule has 0 bridgehead atoms. The lowest BCUT2D eigenvalue weighted by Gasteiger charge is -2.37. The van der Waals surface area contributed by atoms with Crippen LogP contribution in [0.4, 0.5) is 0 Å². The standard InChI is InChI=1S/C13H18BrClS/c1-9-10(14)8-11(16-9)12(15)13(2)6-4-3-5-7-13/h8,12H,3-7H2,1-2H3. The number of aryl methyl sites for hydroxylation is 1. The average molecular weight is 322 g/mol. The molecule has 1 aromatic heterocycles. The fraction of sp³-hybridized carbons (Fsp3) is 0.692. The molecule has 0 saturated heterocycles. The third kappa shape index (κ3) is 2.49. The highest BCUT2D eigenvalue weighted by molar-refractivity contribution is 9.10. The minimum atomic E-state index is 0.183. The Bertz CT molecular complexity index is 347. The Balaban J connectivity index is 2.20. The minimum absolute atomic E-state index is 0.183. The van der Waals surface area contributed by atoms with Crippen molar-refractivity contribution in [1.29, 1.82) is 0 Å².